The van der Waals surface area contributed by atoms with Crippen LogP contribution < -0.4 is 4.74 Å². The summed E-state index contributed by atoms with van der Waals surface area (Å²) >= 11 is 0. The second-order valence-corrected chi connectivity index (χ2v) is 5.79. The third-order valence-electron chi connectivity index (χ3n) is 3.75. The molecule has 0 aliphatic carbocycles. The van der Waals surface area contributed by atoms with Gasteiger partial charge in [-0.25, -0.2) is 13.8 Å². The Labute approximate surface area is 133 Å². The molecule has 0 atom stereocenters. The number of nitrogens with zero attached hydrogens (tertiary/aromatic N) is 1. The first-order valence-corrected chi connectivity index (χ1v) is 7.49. The fourth-order valence-electron chi connectivity index (χ4n) is 2.62. The summed E-state index contributed by atoms with van der Waals surface area (Å²) < 4.78 is 33.8. The molecule has 0 spiro atoms. The maximum Gasteiger partial charge on any atom is 0.149 e. The number of halogens is 2. The standard InChI is InChI=1S/C19H17F2NO/c1-11(2)18-14(20)7-5-9-16(18)23-17-10-13-6-4-8-15(21)19(13)22-12(17)3/h4-11H,1-3H3. The van der Waals surface area contributed by atoms with Gasteiger partial charge in [-0.3, -0.25) is 0 Å². The first-order valence-electron chi connectivity index (χ1n) is 7.49. The quantitative estimate of drug-likeness (QED) is 0.615. The Kier molecular flexibility index (Phi) is 3.99. The van der Waals surface area contributed by atoms with E-state index in [-0.39, 0.29) is 17.6 Å². The Morgan fingerprint density at radius 3 is 2.39 bits per heavy atom. The summed E-state index contributed by atoms with van der Waals surface area (Å²) in [6.07, 6.45) is 0. The second-order valence-electron chi connectivity index (χ2n) is 5.79. The van der Waals surface area contributed by atoms with Gasteiger partial charge in [0.1, 0.15) is 28.7 Å². The van der Waals surface area contributed by atoms with Crippen molar-refractivity contribution in [2.45, 2.75) is 26.7 Å². The number of fused-ring (bicyclic) bond motifs is 1. The maximum atomic E-state index is 14.1. The lowest BCUT2D eigenvalue weighted by Gasteiger charge is -2.16. The van der Waals surface area contributed by atoms with Crippen LogP contribution in [0.1, 0.15) is 31.0 Å². The fraction of sp³-hybridized carbons (Fsp3) is 0.211. The Hall–Kier alpha value is -2.49. The highest BCUT2D eigenvalue weighted by Gasteiger charge is 2.16. The first-order chi connectivity index (χ1) is 11.0. The zero-order chi connectivity index (χ0) is 16.6. The number of hydrogen-bond donors (Lipinski definition) is 0. The summed E-state index contributed by atoms with van der Waals surface area (Å²) in [5.41, 5.74) is 1.38. The van der Waals surface area contributed by atoms with Crippen LogP contribution >= 0.6 is 0 Å². The van der Waals surface area contributed by atoms with Crippen molar-refractivity contribution >= 4 is 10.9 Å². The van der Waals surface area contributed by atoms with Crippen molar-refractivity contribution in [3.63, 3.8) is 0 Å². The molecule has 0 saturated carbocycles. The normalized spacial score (nSPS) is 11.2. The first kappa shape index (κ1) is 15.4. The maximum absolute atomic E-state index is 14.1. The van der Waals surface area contributed by atoms with Crippen LogP contribution in [0.5, 0.6) is 11.5 Å². The van der Waals surface area contributed by atoms with Gasteiger partial charge in [-0.2, -0.15) is 0 Å². The lowest BCUT2D eigenvalue weighted by Crippen LogP contribution is -1.99. The molecule has 3 rings (SSSR count). The summed E-state index contributed by atoms with van der Waals surface area (Å²) in [6.45, 7) is 5.56. The van der Waals surface area contributed by atoms with E-state index < -0.39 is 0 Å². The van der Waals surface area contributed by atoms with Crippen LogP contribution in [0.4, 0.5) is 8.78 Å². The molecule has 0 saturated heterocycles. The fourth-order valence-corrected chi connectivity index (χ4v) is 2.62. The van der Waals surface area contributed by atoms with Crippen LogP contribution in [0.25, 0.3) is 10.9 Å². The van der Waals surface area contributed by atoms with Gasteiger partial charge in [0.15, 0.2) is 0 Å². The molecular formula is C19H17F2NO. The molecule has 0 aliphatic heterocycles. The van der Waals surface area contributed by atoms with E-state index in [4.69, 9.17) is 4.74 Å². The van der Waals surface area contributed by atoms with Crippen LogP contribution in [-0.4, -0.2) is 4.98 Å². The Balaban J connectivity index is 2.09. The summed E-state index contributed by atoms with van der Waals surface area (Å²) in [4.78, 5) is 4.27. The molecule has 4 heteroatoms. The highest BCUT2D eigenvalue weighted by atomic mass is 19.1. The van der Waals surface area contributed by atoms with E-state index in [1.165, 1.54) is 12.1 Å². The molecular weight excluding hydrogens is 296 g/mol. The molecule has 0 aliphatic rings. The van der Waals surface area contributed by atoms with Crippen LogP contribution in [0, 0.1) is 18.6 Å². The van der Waals surface area contributed by atoms with E-state index in [0.717, 1.165) is 0 Å². The lowest BCUT2D eigenvalue weighted by molar-refractivity contribution is 0.457. The molecule has 2 nitrogen and oxygen atoms in total. The van der Waals surface area contributed by atoms with Gasteiger partial charge < -0.3 is 4.74 Å². The lowest BCUT2D eigenvalue weighted by atomic mass is 10.0. The number of ether oxygens (including phenoxy) is 1. The van der Waals surface area contributed by atoms with Crippen molar-refractivity contribution in [2.24, 2.45) is 0 Å². The van der Waals surface area contributed by atoms with Gasteiger partial charge in [0.2, 0.25) is 0 Å². The van der Waals surface area contributed by atoms with E-state index in [9.17, 15) is 8.78 Å². The zero-order valence-corrected chi connectivity index (χ0v) is 13.2. The molecule has 0 radical (unpaired) electrons. The van der Waals surface area contributed by atoms with Crippen molar-refractivity contribution in [2.75, 3.05) is 0 Å². The monoisotopic (exact) mass is 313 g/mol. The van der Waals surface area contributed by atoms with Crippen molar-refractivity contribution in [3.8, 4) is 11.5 Å². The highest BCUT2D eigenvalue weighted by Crippen LogP contribution is 2.34. The average molecular weight is 313 g/mol. The largest absolute Gasteiger partial charge is 0.455 e. The molecule has 0 bridgehead atoms. The smallest absolute Gasteiger partial charge is 0.149 e. The molecule has 1 heterocycles. The number of aryl methyl sites for hydroxylation is 1. The van der Waals surface area contributed by atoms with Gasteiger partial charge >= 0.3 is 0 Å². The SMILES string of the molecule is Cc1nc2c(F)cccc2cc1Oc1cccc(F)c1C(C)C. The van der Waals surface area contributed by atoms with Crippen LogP contribution in [-0.2, 0) is 0 Å². The number of para-hydroxylation sites is 1. The van der Waals surface area contributed by atoms with E-state index in [2.05, 4.69) is 4.98 Å². The van der Waals surface area contributed by atoms with Gasteiger partial charge in [0.25, 0.3) is 0 Å². The molecule has 118 valence electrons. The summed E-state index contributed by atoms with van der Waals surface area (Å²) in [5, 5.41) is 0.646. The predicted molar refractivity (Wildman–Crippen MR) is 87.0 cm³/mol. The minimum absolute atomic E-state index is 0.0163. The van der Waals surface area contributed by atoms with Crippen LogP contribution in [0.3, 0.4) is 0 Å². The van der Waals surface area contributed by atoms with Gasteiger partial charge in [-0.05, 0) is 37.1 Å². The molecule has 23 heavy (non-hydrogen) atoms. The summed E-state index contributed by atoms with van der Waals surface area (Å²) in [6, 6.07) is 11.3. The number of hydrogen-bond acceptors (Lipinski definition) is 2. The summed E-state index contributed by atoms with van der Waals surface area (Å²) in [5.74, 6) is 0.273. The van der Waals surface area contributed by atoms with E-state index >= 15 is 0 Å². The van der Waals surface area contributed by atoms with Crippen molar-refractivity contribution in [3.05, 3.63) is 65.4 Å². The van der Waals surface area contributed by atoms with Crippen LogP contribution in [0.2, 0.25) is 0 Å². The highest BCUT2D eigenvalue weighted by molar-refractivity contribution is 5.81. The molecule has 0 unspecified atom stereocenters. The van der Waals surface area contributed by atoms with E-state index in [1.54, 1.807) is 37.3 Å². The van der Waals surface area contributed by atoms with E-state index in [0.29, 0.717) is 33.7 Å². The minimum atomic E-state index is -0.370. The second kappa shape index (κ2) is 5.95. The number of aromatic nitrogens is 1. The summed E-state index contributed by atoms with van der Waals surface area (Å²) in [7, 11) is 0. The molecule has 0 amide bonds. The molecule has 2 aromatic carbocycles. The zero-order valence-electron chi connectivity index (χ0n) is 13.2. The van der Waals surface area contributed by atoms with Crippen molar-refractivity contribution < 1.29 is 13.5 Å². The topological polar surface area (TPSA) is 22.1 Å². The molecule has 1 aromatic heterocycles. The average Bonchev–Trinajstić information content (AvgIpc) is 2.49. The number of rotatable bonds is 3. The predicted octanol–water partition coefficient (Wildman–Crippen LogP) is 5.74. The third kappa shape index (κ3) is 2.89. The molecule has 0 fully saturated rings. The van der Waals surface area contributed by atoms with Gasteiger partial charge in [0.05, 0.1) is 5.69 Å². The number of benzene rings is 2. The van der Waals surface area contributed by atoms with Gasteiger partial charge in [0, 0.05) is 10.9 Å². The Morgan fingerprint density at radius 2 is 1.65 bits per heavy atom. The third-order valence-corrected chi connectivity index (χ3v) is 3.75. The van der Waals surface area contributed by atoms with Gasteiger partial charge in [-0.15, -0.1) is 0 Å². The minimum Gasteiger partial charge on any atom is -0.455 e. The molecule has 3 aromatic rings. The van der Waals surface area contributed by atoms with E-state index in [1.807, 2.05) is 13.8 Å². The Morgan fingerprint density at radius 1 is 0.957 bits per heavy atom. The van der Waals surface area contributed by atoms with Crippen molar-refractivity contribution in [1.29, 1.82) is 0 Å². The Bertz CT molecular complexity index is 875. The van der Waals surface area contributed by atoms with Gasteiger partial charge in [-0.1, -0.05) is 32.0 Å². The molecule has 0 N–H and O–H groups in total. The van der Waals surface area contributed by atoms with Crippen LogP contribution in [0.15, 0.2) is 42.5 Å². The number of pyridine rings is 1. The van der Waals surface area contributed by atoms with Crippen molar-refractivity contribution in [1.82, 2.24) is 4.98 Å².